The summed E-state index contributed by atoms with van der Waals surface area (Å²) in [6.45, 7) is 0. The number of hydrogen-bond donors (Lipinski definition) is 2. The Hall–Kier alpha value is -2.42. The summed E-state index contributed by atoms with van der Waals surface area (Å²) in [5, 5.41) is 2.44. The van der Waals surface area contributed by atoms with E-state index in [1.807, 2.05) is 0 Å². The summed E-state index contributed by atoms with van der Waals surface area (Å²) in [4.78, 5) is 23.0. The van der Waals surface area contributed by atoms with Crippen molar-refractivity contribution in [1.82, 2.24) is 5.32 Å². The van der Waals surface area contributed by atoms with Gasteiger partial charge in [0.1, 0.15) is 17.7 Å². The standard InChI is InChI=1S/C15H16F2N2O2/c1-2-3-4-5-13(15(18)21)19-14(20)8-10-6-11(16)9-12(17)7-10/h1,6-7,9,13H,3-5,8H2,(H2,18,21)(H,19,20)/t13-/m1/s1. The molecular formula is C15H16F2N2O2. The SMILES string of the molecule is C#CCCC[C@@H](NC(=O)Cc1cc(F)cc(F)c1)C(N)=O. The van der Waals surface area contributed by atoms with Crippen LogP contribution in [0.25, 0.3) is 0 Å². The molecule has 1 aromatic rings. The molecule has 0 bridgehead atoms. The number of terminal acetylenes is 1. The molecule has 0 aliphatic carbocycles. The molecule has 0 fully saturated rings. The summed E-state index contributed by atoms with van der Waals surface area (Å²) in [5.74, 6) is -0.324. The predicted molar refractivity (Wildman–Crippen MR) is 73.9 cm³/mol. The van der Waals surface area contributed by atoms with E-state index in [2.05, 4.69) is 11.2 Å². The van der Waals surface area contributed by atoms with Gasteiger partial charge in [0.2, 0.25) is 11.8 Å². The molecule has 3 N–H and O–H groups in total. The van der Waals surface area contributed by atoms with Crippen LogP contribution in [0.5, 0.6) is 0 Å². The second-order valence-electron chi connectivity index (χ2n) is 4.57. The first-order chi connectivity index (χ1) is 9.92. The van der Waals surface area contributed by atoms with E-state index < -0.39 is 29.5 Å². The fraction of sp³-hybridized carbons (Fsp3) is 0.333. The van der Waals surface area contributed by atoms with Gasteiger partial charge in [-0.15, -0.1) is 12.3 Å². The topological polar surface area (TPSA) is 72.2 Å². The molecule has 0 aliphatic heterocycles. The molecule has 1 aromatic carbocycles. The van der Waals surface area contributed by atoms with Gasteiger partial charge < -0.3 is 11.1 Å². The number of rotatable bonds is 7. The fourth-order valence-corrected chi connectivity index (χ4v) is 1.84. The van der Waals surface area contributed by atoms with Crippen LogP contribution in [0.4, 0.5) is 8.78 Å². The number of hydrogen-bond acceptors (Lipinski definition) is 2. The minimum absolute atomic E-state index is 0.178. The van der Waals surface area contributed by atoms with Gasteiger partial charge >= 0.3 is 0 Å². The highest BCUT2D eigenvalue weighted by atomic mass is 19.1. The fourth-order valence-electron chi connectivity index (χ4n) is 1.84. The average molecular weight is 294 g/mol. The van der Waals surface area contributed by atoms with Gasteiger partial charge in [0.25, 0.3) is 0 Å². The molecule has 0 aromatic heterocycles. The number of nitrogens with two attached hydrogens (primary N) is 1. The van der Waals surface area contributed by atoms with Crippen LogP contribution in [0.2, 0.25) is 0 Å². The molecule has 6 heteroatoms. The lowest BCUT2D eigenvalue weighted by Crippen LogP contribution is -2.44. The van der Waals surface area contributed by atoms with Gasteiger partial charge in [-0.3, -0.25) is 9.59 Å². The maximum Gasteiger partial charge on any atom is 0.240 e. The third-order valence-corrected chi connectivity index (χ3v) is 2.78. The Kier molecular flexibility index (Phi) is 6.34. The van der Waals surface area contributed by atoms with Crippen molar-refractivity contribution in [2.24, 2.45) is 5.73 Å². The first-order valence-electron chi connectivity index (χ1n) is 6.39. The van der Waals surface area contributed by atoms with Crippen LogP contribution in [-0.2, 0) is 16.0 Å². The number of amides is 2. The molecule has 1 atom stereocenters. The number of primary amides is 1. The molecule has 0 saturated heterocycles. The molecule has 0 unspecified atom stereocenters. The number of carbonyl (C=O) groups excluding carboxylic acids is 2. The van der Waals surface area contributed by atoms with Crippen molar-refractivity contribution in [3.63, 3.8) is 0 Å². The molecule has 4 nitrogen and oxygen atoms in total. The maximum absolute atomic E-state index is 13.0. The van der Waals surface area contributed by atoms with Crippen LogP contribution < -0.4 is 11.1 Å². The van der Waals surface area contributed by atoms with Crippen molar-refractivity contribution in [2.45, 2.75) is 31.7 Å². The predicted octanol–water partition coefficient (Wildman–Crippen LogP) is 1.28. The van der Waals surface area contributed by atoms with Crippen LogP contribution in [0.1, 0.15) is 24.8 Å². The average Bonchev–Trinajstić information content (AvgIpc) is 2.36. The van der Waals surface area contributed by atoms with Crippen LogP contribution in [-0.4, -0.2) is 17.9 Å². The summed E-state index contributed by atoms with van der Waals surface area (Å²) in [6, 6.07) is 1.98. The second-order valence-corrected chi connectivity index (χ2v) is 4.57. The zero-order valence-electron chi connectivity index (χ0n) is 11.4. The summed E-state index contributed by atoms with van der Waals surface area (Å²) in [6.07, 6.45) is 6.19. The third-order valence-electron chi connectivity index (χ3n) is 2.78. The number of nitrogens with one attached hydrogen (secondary N) is 1. The Morgan fingerprint density at radius 2 is 1.90 bits per heavy atom. The normalized spacial score (nSPS) is 11.5. The van der Waals surface area contributed by atoms with Gasteiger partial charge in [-0.05, 0) is 30.5 Å². The van der Waals surface area contributed by atoms with Gasteiger partial charge in [0.05, 0.1) is 6.42 Å². The highest BCUT2D eigenvalue weighted by molar-refractivity contribution is 5.87. The summed E-state index contributed by atoms with van der Waals surface area (Å²) >= 11 is 0. The van der Waals surface area contributed by atoms with E-state index in [0.29, 0.717) is 25.3 Å². The van der Waals surface area contributed by atoms with Gasteiger partial charge in [-0.1, -0.05) is 0 Å². The molecule has 0 saturated carbocycles. The quantitative estimate of drug-likeness (QED) is 0.587. The molecular weight excluding hydrogens is 278 g/mol. The van der Waals surface area contributed by atoms with Crippen LogP contribution in [0.3, 0.4) is 0 Å². The van der Waals surface area contributed by atoms with Crippen molar-refractivity contribution in [2.75, 3.05) is 0 Å². The Morgan fingerprint density at radius 1 is 1.29 bits per heavy atom. The smallest absolute Gasteiger partial charge is 0.240 e. The summed E-state index contributed by atoms with van der Waals surface area (Å²) < 4.78 is 26.0. The molecule has 0 aliphatic rings. The highest BCUT2D eigenvalue weighted by Crippen LogP contribution is 2.09. The molecule has 0 heterocycles. The Balaban J connectivity index is 2.61. The Labute approximate surface area is 121 Å². The summed E-state index contributed by atoms with van der Waals surface area (Å²) in [7, 11) is 0. The van der Waals surface area contributed by atoms with Crippen molar-refractivity contribution >= 4 is 11.8 Å². The van der Waals surface area contributed by atoms with Gasteiger partial charge in [0, 0.05) is 12.5 Å². The number of carbonyl (C=O) groups is 2. The first kappa shape index (κ1) is 16.6. The second kappa shape index (κ2) is 8.00. The van der Waals surface area contributed by atoms with Crippen molar-refractivity contribution in [3.05, 3.63) is 35.4 Å². The van der Waals surface area contributed by atoms with Crippen LogP contribution in [0, 0.1) is 24.0 Å². The van der Waals surface area contributed by atoms with E-state index in [0.717, 1.165) is 12.1 Å². The molecule has 0 radical (unpaired) electrons. The van der Waals surface area contributed by atoms with Crippen molar-refractivity contribution in [1.29, 1.82) is 0 Å². The lowest BCUT2D eigenvalue weighted by Gasteiger charge is -2.15. The monoisotopic (exact) mass is 294 g/mol. The molecule has 0 spiro atoms. The molecule has 21 heavy (non-hydrogen) atoms. The van der Waals surface area contributed by atoms with E-state index in [4.69, 9.17) is 12.2 Å². The van der Waals surface area contributed by atoms with Crippen LogP contribution in [0.15, 0.2) is 18.2 Å². The minimum atomic E-state index is -0.843. The third kappa shape index (κ3) is 6.04. The van der Waals surface area contributed by atoms with E-state index in [1.54, 1.807) is 0 Å². The molecule has 1 rings (SSSR count). The van der Waals surface area contributed by atoms with E-state index in [1.165, 1.54) is 0 Å². The Morgan fingerprint density at radius 3 is 2.43 bits per heavy atom. The van der Waals surface area contributed by atoms with E-state index in [-0.39, 0.29) is 12.0 Å². The van der Waals surface area contributed by atoms with Gasteiger partial charge in [-0.2, -0.15) is 0 Å². The molecule has 112 valence electrons. The van der Waals surface area contributed by atoms with E-state index in [9.17, 15) is 18.4 Å². The number of unbranched alkanes of at least 4 members (excludes halogenated alkanes) is 1. The lowest BCUT2D eigenvalue weighted by molar-refractivity contribution is -0.127. The van der Waals surface area contributed by atoms with Crippen molar-refractivity contribution in [3.8, 4) is 12.3 Å². The van der Waals surface area contributed by atoms with Gasteiger partial charge in [-0.25, -0.2) is 8.78 Å². The maximum atomic E-state index is 13.0. The zero-order valence-corrected chi connectivity index (χ0v) is 11.4. The van der Waals surface area contributed by atoms with Crippen molar-refractivity contribution < 1.29 is 18.4 Å². The number of benzene rings is 1. The summed E-state index contributed by atoms with van der Waals surface area (Å²) in [5.41, 5.74) is 5.36. The van der Waals surface area contributed by atoms with E-state index >= 15 is 0 Å². The van der Waals surface area contributed by atoms with Crippen LogP contribution >= 0.6 is 0 Å². The number of halogens is 2. The molecule has 2 amide bonds. The highest BCUT2D eigenvalue weighted by Gasteiger charge is 2.17. The zero-order chi connectivity index (χ0) is 15.8. The minimum Gasteiger partial charge on any atom is -0.368 e. The Bertz CT molecular complexity index is 547. The lowest BCUT2D eigenvalue weighted by atomic mass is 10.1. The largest absolute Gasteiger partial charge is 0.368 e. The van der Waals surface area contributed by atoms with Gasteiger partial charge in [0.15, 0.2) is 0 Å². The first-order valence-corrected chi connectivity index (χ1v) is 6.39.